The molecule has 3 nitrogen and oxygen atoms in total. The topological polar surface area (TPSA) is 46.5 Å². The third-order valence-corrected chi connectivity index (χ3v) is 3.07. The molecule has 0 spiro atoms. The van der Waals surface area contributed by atoms with Gasteiger partial charge in [-0.25, -0.2) is 4.79 Å². The highest BCUT2D eigenvalue weighted by molar-refractivity contribution is 5.91. The predicted octanol–water partition coefficient (Wildman–Crippen LogP) is 3.05. The lowest BCUT2D eigenvalue weighted by atomic mass is 9.88. The van der Waals surface area contributed by atoms with Crippen LogP contribution in [0.25, 0.3) is 0 Å². The van der Waals surface area contributed by atoms with Gasteiger partial charge in [-0.2, -0.15) is 0 Å². The van der Waals surface area contributed by atoms with Crippen LogP contribution in [-0.2, 0) is 0 Å². The fraction of sp³-hybridized carbons (Fsp3) is 0.462. The van der Waals surface area contributed by atoms with Crippen molar-refractivity contribution in [3.63, 3.8) is 0 Å². The second-order valence-corrected chi connectivity index (χ2v) is 4.15. The Morgan fingerprint density at radius 1 is 1.56 bits per heavy atom. The summed E-state index contributed by atoms with van der Waals surface area (Å²) in [6, 6.07) is 5.40. The van der Waals surface area contributed by atoms with Crippen molar-refractivity contribution in [3.8, 4) is 5.75 Å². The van der Waals surface area contributed by atoms with Crippen LogP contribution in [0.2, 0.25) is 0 Å². The molecule has 1 aromatic carbocycles. The minimum atomic E-state index is -0.908. The van der Waals surface area contributed by atoms with Gasteiger partial charge in [0, 0.05) is 0 Å². The summed E-state index contributed by atoms with van der Waals surface area (Å²) in [5.41, 5.74) is 1.35. The molecule has 0 aliphatic carbocycles. The molecule has 1 heterocycles. The third kappa shape index (κ3) is 1.90. The van der Waals surface area contributed by atoms with Crippen molar-refractivity contribution in [1.82, 2.24) is 0 Å². The molecule has 3 heteroatoms. The zero-order valence-electron chi connectivity index (χ0n) is 9.40. The van der Waals surface area contributed by atoms with Gasteiger partial charge in [-0.15, -0.1) is 0 Å². The van der Waals surface area contributed by atoms with E-state index in [0.717, 1.165) is 24.8 Å². The van der Waals surface area contributed by atoms with Crippen LogP contribution in [0, 0.1) is 0 Å². The minimum Gasteiger partial charge on any atom is -0.492 e. The van der Waals surface area contributed by atoms with E-state index >= 15 is 0 Å². The average molecular weight is 220 g/mol. The SMILES string of the molecule is CCCC1CCOc2c(C(=O)O)cccc21. The lowest BCUT2D eigenvalue weighted by molar-refractivity contribution is 0.0690. The van der Waals surface area contributed by atoms with Gasteiger partial charge in [0.25, 0.3) is 0 Å². The smallest absolute Gasteiger partial charge is 0.339 e. The van der Waals surface area contributed by atoms with Gasteiger partial charge in [0.05, 0.1) is 6.61 Å². The molecule has 16 heavy (non-hydrogen) atoms. The first-order chi connectivity index (χ1) is 7.74. The van der Waals surface area contributed by atoms with Crippen LogP contribution >= 0.6 is 0 Å². The maximum absolute atomic E-state index is 11.1. The molecule has 0 saturated heterocycles. The number of fused-ring (bicyclic) bond motifs is 1. The van der Waals surface area contributed by atoms with Crippen molar-refractivity contribution in [2.45, 2.75) is 32.1 Å². The highest BCUT2D eigenvalue weighted by Crippen LogP contribution is 2.38. The summed E-state index contributed by atoms with van der Waals surface area (Å²) >= 11 is 0. The molecule has 0 saturated carbocycles. The number of carbonyl (C=O) groups is 1. The Balaban J connectivity index is 2.42. The lowest BCUT2D eigenvalue weighted by Gasteiger charge is -2.26. The molecule has 1 aliphatic heterocycles. The first-order valence-electron chi connectivity index (χ1n) is 5.73. The van der Waals surface area contributed by atoms with Gasteiger partial charge < -0.3 is 9.84 Å². The maximum Gasteiger partial charge on any atom is 0.339 e. The van der Waals surface area contributed by atoms with Gasteiger partial charge in [0.2, 0.25) is 0 Å². The number of ether oxygens (including phenoxy) is 1. The van der Waals surface area contributed by atoms with Crippen LogP contribution < -0.4 is 4.74 Å². The molecule has 0 amide bonds. The first-order valence-corrected chi connectivity index (χ1v) is 5.73. The number of rotatable bonds is 3. The fourth-order valence-corrected chi connectivity index (χ4v) is 2.31. The molecule has 1 atom stereocenters. The van der Waals surface area contributed by atoms with E-state index in [9.17, 15) is 4.79 Å². The number of benzene rings is 1. The fourth-order valence-electron chi connectivity index (χ4n) is 2.31. The molecule has 1 N–H and O–H groups in total. The van der Waals surface area contributed by atoms with Crippen molar-refractivity contribution >= 4 is 5.97 Å². The Morgan fingerprint density at radius 3 is 3.06 bits per heavy atom. The lowest BCUT2D eigenvalue weighted by Crippen LogP contribution is -2.17. The number of hydrogen-bond donors (Lipinski definition) is 1. The Kier molecular flexibility index (Phi) is 3.13. The third-order valence-electron chi connectivity index (χ3n) is 3.07. The highest BCUT2D eigenvalue weighted by Gasteiger charge is 2.24. The summed E-state index contributed by atoms with van der Waals surface area (Å²) in [5, 5.41) is 9.08. The average Bonchev–Trinajstić information content (AvgIpc) is 2.29. The van der Waals surface area contributed by atoms with Crippen molar-refractivity contribution < 1.29 is 14.6 Å². The van der Waals surface area contributed by atoms with Crippen molar-refractivity contribution in [3.05, 3.63) is 29.3 Å². The van der Waals surface area contributed by atoms with E-state index in [1.54, 1.807) is 12.1 Å². The number of hydrogen-bond acceptors (Lipinski definition) is 2. The van der Waals surface area contributed by atoms with Crippen molar-refractivity contribution in [1.29, 1.82) is 0 Å². The van der Waals surface area contributed by atoms with Crippen molar-refractivity contribution in [2.24, 2.45) is 0 Å². The van der Waals surface area contributed by atoms with Crippen LogP contribution in [0.1, 0.15) is 48.0 Å². The summed E-state index contributed by atoms with van der Waals surface area (Å²) in [6.07, 6.45) is 3.20. The Bertz CT molecular complexity index is 398. The molecule has 86 valence electrons. The Morgan fingerprint density at radius 2 is 2.38 bits per heavy atom. The minimum absolute atomic E-state index is 0.290. The van der Waals surface area contributed by atoms with Crippen LogP contribution in [0.3, 0.4) is 0 Å². The van der Waals surface area contributed by atoms with Crippen LogP contribution in [0.15, 0.2) is 18.2 Å². The van der Waals surface area contributed by atoms with Gasteiger partial charge in [-0.1, -0.05) is 25.5 Å². The molecular formula is C13H16O3. The molecule has 1 aliphatic rings. The summed E-state index contributed by atoms with van der Waals surface area (Å²) in [6.45, 7) is 2.78. The highest BCUT2D eigenvalue weighted by atomic mass is 16.5. The summed E-state index contributed by atoms with van der Waals surface area (Å²) < 4.78 is 5.51. The zero-order chi connectivity index (χ0) is 11.5. The quantitative estimate of drug-likeness (QED) is 0.851. The van der Waals surface area contributed by atoms with E-state index in [1.807, 2.05) is 6.07 Å². The van der Waals surface area contributed by atoms with E-state index in [0.29, 0.717) is 23.8 Å². The molecular weight excluding hydrogens is 204 g/mol. The van der Waals surface area contributed by atoms with E-state index in [-0.39, 0.29) is 0 Å². The van der Waals surface area contributed by atoms with Gasteiger partial charge in [-0.05, 0) is 30.4 Å². The van der Waals surface area contributed by atoms with Crippen LogP contribution in [0.5, 0.6) is 5.75 Å². The first kappa shape index (κ1) is 11.0. The van der Waals surface area contributed by atoms with E-state index < -0.39 is 5.97 Å². The second kappa shape index (κ2) is 4.56. The van der Waals surface area contributed by atoms with Gasteiger partial charge in [0.1, 0.15) is 11.3 Å². The zero-order valence-corrected chi connectivity index (χ0v) is 9.40. The number of para-hydroxylation sites is 1. The van der Waals surface area contributed by atoms with Gasteiger partial charge >= 0.3 is 5.97 Å². The number of aromatic carboxylic acids is 1. The number of carboxylic acids is 1. The largest absolute Gasteiger partial charge is 0.492 e. The molecule has 1 unspecified atom stereocenters. The van der Waals surface area contributed by atoms with Gasteiger partial charge in [-0.3, -0.25) is 0 Å². The summed E-state index contributed by atoms with van der Waals surface area (Å²) in [4.78, 5) is 11.1. The second-order valence-electron chi connectivity index (χ2n) is 4.15. The molecule has 0 radical (unpaired) electrons. The van der Waals surface area contributed by atoms with Gasteiger partial charge in [0.15, 0.2) is 0 Å². The van der Waals surface area contributed by atoms with Crippen LogP contribution in [-0.4, -0.2) is 17.7 Å². The Labute approximate surface area is 95.0 Å². The van der Waals surface area contributed by atoms with E-state index in [4.69, 9.17) is 9.84 Å². The summed E-state index contributed by atoms with van der Waals surface area (Å²) in [7, 11) is 0. The normalized spacial score (nSPS) is 18.7. The molecule has 1 aromatic rings. The molecule has 0 aromatic heterocycles. The summed E-state index contributed by atoms with van der Waals surface area (Å²) in [5.74, 6) is 0.127. The maximum atomic E-state index is 11.1. The van der Waals surface area contributed by atoms with Crippen molar-refractivity contribution in [2.75, 3.05) is 6.61 Å². The Hall–Kier alpha value is -1.51. The molecule has 0 bridgehead atoms. The predicted molar refractivity (Wildman–Crippen MR) is 61.2 cm³/mol. The van der Waals surface area contributed by atoms with Crippen LogP contribution in [0.4, 0.5) is 0 Å². The molecule has 2 rings (SSSR count). The number of carboxylic acid groups (broad SMARTS) is 1. The standard InChI is InChI=1S/C13H16O3/c1-2-4-9-7-8-16-12-10(9)5-3-6-11(12)13(14)15/h3,5-6,9H,2,4,7-8H2,1H3,(H,14,15). The van der Waals surface area contributed by atoms with E-state index in [2.05, 4.69) is 6.92 Å². The monoisotopic (exact) mass is 220 g/mol. The van der Waals surface area contributed by atoms with E-state index in [1.165, 1.54) is 0 Å². The molecule has 0 fully saturated rings.